The molecule has 7 heteroatoms. The molecule has 0 aliphatic heterocycles. The van der Waals surface area contributed by atoms with E-state index in [0.717, 1.165) is 0 Å². The van der Waals surface area contributed by atoms with E-state index in [1.165, 1.54) is 72.8 Å². The predicted molar refractivity (Wildman–Crippen MR) is 96.2 cm³/mol. The molecule has 5 N–H and O–H groups in total. The SMILES string of the molecule is O=P(O)(O)C(c1ccc(O)cc1)(c1ccc(O)cc1)c1ccc(O)cc1. The van der Waals surface area contributed by atoms with Crippen molar-refractivity contribution in [2.45, 2.75) is 5.16 Å². The lowest BCUT2D eigenvalue weighted by Gasteiger charge is -2.36. The van der Waals surface area contributed by atoms with E-state index in [9.17, 15) is 29.7 Å². The van der Waals surface area contributed by atoms with Crippen LogP contribution in [0.25, 0.3) is 0 Å². The van der Waals surface area contributed by atoms with Crippen molar-refractivity contribution in [2.75, 3.05) is 0 Å². The molecule has 0 fully saturated rings. The molecule has 3 rings (SSSR count). The van der Waals surface area contributed by atoms with Crippen molar-refractivity contribution in [3.63, 3.8) is 0 Å². The van der Waals surface area contributed by atoms with Gasteiger partial charge in [-0.3, -0.25) is 4.57 Å². The molecule has 0 aliphatic rings. The van der Waals surface area contributed by atoms with Crippen molar-refractivity contribution in [3.05, 3.63) is 89.5 Å². The quantitative estimate of drug-likeness (QED) is 0.354. The van der Waals surface area contributed by atoms with E-state index in [0.29, 0.717) is 0 Å². The van der Waals surface area contributed by atoms with Crippen LogP contribution in [-0.4, -0.2) is 25.1 Å². The molecule has 6 nitrogen and oxygen atoms in total. The van der Waals surface area contributed by atoms with Crippen molar-refractivity contribution in [1.82, 2.24) is 0 Å². The molecular formula is C19H17O6P. The number of rotatable bonds is 4. The van der Waals surface area contributed by atoms with Crippen molar-refractivity contribution in [3.8, 4) is 17.2 Å². The van der Waals surface area contributed by atoms with Crippen LogP contribution in [0.3, 0.4) is 0 Å². The van der Waals surface area contributed by atoms with Gasteiger partial charge < -0.3 is 25.1 Å². The molecule has 0 radical (unpaired) electrons. The van der Waals surface area contributed by atoms with Crippen molar-refractivity contribution in [1.29, 1.82) is 0 Å². The van der Waals surface area contributed by atoms with Crippen LogP contribution in [0.1, 0.15) is 16.7 Å². The lowest BCUT2D eigenvalue weighted by molar-refractivity contribution is 0.349. The number of aromatic hydroxyl groups is 3. The van der Waals surface area contributed by atoms with Crippen LogP contribution < -0.4 is 0 Å². The van der Waals surface area contributed by atoms with Gasteiger partial charge in [-0.2, -0.15) is 0 Å². The molecule has 0 aliphatic carbocycles. The number of hydrogen-bond donors (Lipinski definition) is 5. The summed E-state index contributed by atoms with van der Waals surface area (Å²) in [6.07, 6.45) is 0. The summed E-state index contributed by atoms with van der Waals surface area (Å²) in [4.78, 5) is 20.8. The Morgan fingerprint density at radius 3 is 0.962 bits per heavy atom. The van der Waals surface area contributed by atoms with Crippen molar-refractivity contribution >= 4 is 7.60 Å². The minimum atomic E-state index is -4.86. The second kappa shape index (κ2) is 6.50. The summed E-state index contributed by atoms with van der Waals surface area (Å²) < 4.78 is 12.8. The Balaban J connectivity index is 2.42. The molecule has 3 aromatic carbocycles. The van der Waals surface area contributed by atoms with E-state index in [4.69, 9.17) is 0 Å². The van der Waals surface area contributed by atoms with Crippen LogP contribution in [0.5, 0.6) is 17.2 Å². The first-order valence-corrected chi connectivity index (χ1v) is 9.30. The highest BCUT2D eigenvalue weighted by Crippen LogP contribution is 2.64. The molecule has 0 heterocycles. The van der Waals surface area contributed by atoms with E-state index in [1.807, 2.05) is 0 Å². The van der Waals surface area contributed by atoms with Gasteiger partial charge in [0.25, 0.3) is 0 Å². The number of phenolic OH excluding ortho intramolecular Hbond substituents is 3. The first kappa shape index (κ1) is 18.0. The average molecular weight is 372 g/mol. The van der Waals surface area contributed by atoms with E-state index in [-0.39, 0.29) is 33.9 Å². The van der Waals surface area contributed by atoms with Gasteiger partial charge in [-0.15, -0.1) is 0 Å². The summed E-state index contributed by atoms with van der Waals surface area (Å²) in [5.74, 6) is -0.112. The van der Waals surface area contributed by atoms with Gasteiger partial charge in [-0.05, 0) is 53.1 Å². The minimum Gasteiger partial charge on any atom is -0.508 e. The number of phenols is 3. The Morgan fingerprint density at radius 2 is 0.769 bits per heavy atom. The van der Waals surface area contributed by atoms with Gasteiger partial charge >= 0.3 is 7.60 Å². The van der Waals surface area contributed by atoms with Crippen molar-refractivity contribution in [2.24, 2.45) is 0 Å². The lowest BCUT2D eigenvalue weighted by Crippen LogP contribution is -2.29. The lowest BCUT2D eigenvalue weighted by atomic mass is 9.84. The maximum absolute atomic E-state index is 12.8. The van der Waals surface area contributed by atoms with Crippen LogP contribution in [-0.2, 0) is 9.72 Å². The topological polar surface area (TPSA) is 118 Å². The monoisotopic (exact) mass is 372 g/mol. The van der Waals surface area contributed by atoms with Gasteiger partial charge in [0.2, 0.25) is 0 Å². The highest BCUT2D eigenvalue weighted by Gasteiger charge is 2.51. The Morgan fingerprint density at radius 1 is 0.538 bits per heavy atom. The zero-order chi connectivity index (χ0) is 18.9. The second-order valence-corrected chi connectivity index (χ2v) is 7.65. The van der Waals surface area contributed by atoms with Gasteiger partial charge in [-0.25, -0.2) is 0 Å². The summed E-state index contributed by atoms with van der Waals surface area (Å²) in [6, 6.07) is 16.7. The van der Waals surface area contributed by atoms with Gasteiger partial charge in [0.05, 0.1) is 0 Å². The van der Waals surface area contributed by atoms with Crippen LogP contribution >= 0.6 is 7.60 Å². The summed E-state index contributed by atoms with van der Waals surface area (Å²) in [5, 5.41) is 26.9. The van der Waals surface area contributed by atoms with E-state index in [1.54, 1.807) is 0 Å². The average Bonchev–Trinajstić information content (AvgIpc) is 2.59. The number of hydrogen-bond acceptors (Lipinski definition) is 4. The smallest absolute Gasteiger partial charge is 0.344 e. The fourth-order valence-corrected chi connectivity index (χ4v) is 4.57. The van der Waals surface area contributed by atoms with Gasteiger partial charge in [-0.1, -0.05) is 36.4 Å². The van der Waals surface area contributed by atoms with Crippen LogP contribution in [0.2, 0.25) is 0 Å². The van der Waals surface area contributed by atoms with E-state index in [2.05, 4.69) is 0 Å². The fraction of sp³-hybridized carbons (Fsp3) is 0.0526. The molecule has 0 saturated heterocycles. The second-order valence-electron chi connectivity index (χ2n) is 5.90. The Labute approximate surface area is 149 Å². The zero-order valence-corrected chi connectivity index (χ0v) is 14.4. The molecule has 0 saturated carbocycles. The van der Waals surface area contributed by atoms with Crippen LogP contribution in [0.15, 0.2) is 72.8 Å². The predicted octanol–water partition coefficient (Wildman–Crippen LogP) is 3.27. The molecule has 0 amide bonds. The normalized spacial score (nSPS) is 12.1. The van der Waals surface area contributed by atoms with Gasteiger partial charge in [0.15, 0.2) is 0 Å². The third-order valence-corrected chi connectivity index (χ3v) is 5.94. The van der Waals surface area contributed by atoms with Crippen LogP contribution in [0, 0.1) is 0 Å². The molecule has 0 atom stereocenters. The van der Waals surface area contributed by atoms with Crippen LogP contribution in [0.4, 0.5) is 0 Å². The molecule has 3 aromatic rings. The summed E-state index contributed by atoms with van der Waals surface area (Å²) in [7, 11) is -4.86. The summed E-state index contributed by atoms with van der Waals surface area (Å²) in [5.41, 5.74) is 0.792. The minimum absolute atomic E-state index is 0.0372. The first-order chi connectivity index (χ1) is 12.2. The first-order valence-electron chi connectivity index (χ1n) is 7.69. The third kappa shape index (κ3) is 2.95. The highest BCUT2D eigenvalue weighted by atomic mass is 31.2. The zero-order valence-electron chi connectivity index (χ0n) is 13.5. The molecular weight excluding hydrogens is 355 g/mol. The Kier molecular flexibility index (Phi) is 4.50. The maximum atomic E-state index is 12.8. The van der Waals surface area contributed by atoms with Gasteiger partial charge in [0.1, 0.15) is 22.4 Å². The largest absolute Gasteiger partial charge is 0.508 e. The van der Waals surface area contributed by atoms with Crippen molar-refractivity contribution < 1.29 is 29.7 Å². The molecule has 0 bridgehead atoms. The Bertz CT molecular complexity index is 832. The van der Waals surface area contributed by atoms with E-state index >= 15 is 0 Å². The third-order valence-electron chi connectivity index (χ3n) is 4.29. The summed E-state index contributed by atoms with van der Waals surface area (Å²) >= 11 is 0. The molecule has 26 heavy (non-hydrogen) atoms. The maximum Gasteiger partial charge on any atom is 0.344 e. The molecule has 0 aromatic heterocycles. The molecule has 134 valence electrons. The van der Waals surface area contributed by atoms with Gasteiger partial charge in [0, 0.05) is 0 Å². The Hall–Kier alpha value is -2.79. The fourth-order valence-electron chi connectivity index (χ4n) is 3.11. The standard InChI is InChI=1S/C19H17O6P/c20-16-7-1-13(2-8-16)19(26(23,24)25,14-3-9-17(21)10-4-14)15-5-11-18(22)12-6-15/h1-12,20-22H,(H2,23,24,25). The number of benzene rings is 3. The summed E-state index contributed by atoms with van der Waals surface area (Å²) in [6.45, 7) is 0. The molecule has 0 unspecified atom stereocenters. The van der Waals surface area contributed by atoms with E-state index < -0.39 is 12.8 Å². The molecule has 0 spiro atoms. The highest BCUT2D eigenvalue weighted by molar-refractivity contribution is 7.53.